The van der Waals surface area contributed by atoms with Gasteiger partial charge < -0.3 is 15.0 Å². The minimum absolute atomic E-state index is 0.0991. The fourth-order valence-corrected chi connectivity index (χ4v) is 10.3. The van der Waals surface area contributed by atoms with Crippen molar-refractivity contribution in [2.75, 3.05) is 86.3 Å². The number of fused-ring (bicyclic) bond motifs is 1. The maximum absolute atomic E-state index is 13.8. The highest BCUT2D eigenvalue weighted by Gasteiger charge is 2.27. The molecular weight excluding hydrogens is 820 g/mol. The molecule has 3 aliphatic rings. The van der Waals surface area contributed by atoms with E-state index in [0.717, 1.165) is 80.3 Å². The van der Waals surface area contributed by atoms with Crippen LogP contribution >= 0.6 is 23.4 Å². The van der Waals surface area contributed by atoms with E-state index in [4.69, 9.17) is 16.3 Å². The van der Waals surface area contributed by atoms with Gasteiger partial charge in [0.25, 0.3) is 15.7 Å². The van der Waals surface area contributed by atoms with Crippen LogP contribution in [-0.4, -0.2) is 110 Å². The molecule has 0 radical (unpaired) electrons. The molecule has 0 amide bonds. The summed E-state index contributed by atoms with van der Waals surface area (Å²) in [6.45, 7) is 7.95. The summed E-state index contributed by atoms with van der Waals surface area (Å²) >= 11 is 7.83. The second kappa shape index (κ2) is 19.3. The van der Waals surface area contributed by atoms with Crippen molar-refractivity contribution in [1.29, 1.82) is 0 Å². The summed E-state index contributed by atoms with van der Waals surface area (Å²) in [5, 5.41) is 17.1. The van der Waals surface area contributed by atoms with E-state index in [0.29, 0.717) is 36.4 Å². The number of nitro groups is 1. The number of ether oxygens (including phenoxy) is 1. The van der Waals surface area contributed by atoms with Crippen LogP contribution in [0.25, 0.3) is 16.5 Å². The molecule has 2 fully saturated rings. The van der Waals surface area contributed by atoms with Gasteiger partial charge in [-0.15, -0.1) is 11.8 Å². The van der Waals surface area contributed by atoms with Crippen LogP contribution in [0.3, 0.4) is 0 Å². The summed E-state index contributed by atoms with van der Waals surface area (Å²) < 4.78 is 35.7. The summed E-state index contributed by atoms with van der Waals surface area (Å²) in [6, 6.07) is 27.8. The maximum Gasteiger partial charge on any atom is 0.293 e. The lowest BCUT2D eigenvalue weighted by atomic mass is 9.87. The van der Waals surface area contributed by atoms with E-state index in [1.165, 1.54) is 48.0 Å². The number of piperazine rings is 1. The molecule has 3 heterocycles. The first-order valence-corrected chi connectivity index (χ1v) is 23.3. The van der Waals surface area contributed by atoms with Crippen molar-refractivity contribution >= 4 is 72.7 Å². The van der Waals surface area contributed by atoms with Gasteiger partial charge >= 0.3 is 0 Å². The predicted molar refractivity (Wildman–Crippen MR) is 241 cm³/mol. The molecular formula is C44H49ClN8O5S2. The Kier molecular flexibility index (Phi) is 13.5. The second-order valence-corrected chi connectivity index (χ2v) is 18.6. The van der Waals surface area contributed by atoms with Gasteiger partial charge in [0.15, 0.2) is 5.82 Å². The highest BCUT2D eigenvalue weighted by molar-refractivity contribution is 7.99. The first-order valence-electron chi connectivity index (χ1n) is 20.4. The third-order valence-electron chi connectivity index (χ3n) is 11.4. The van der Waals surface area contributed by atoms with E-state index in [1.54, 1.807) is 11.8 Å². The normalized spacial score (nSPS) is 17.4. The molecule has 1 aliphatic carbocycles. The lowest BCUT2D eigenvalue weighted by Crippen LogP contribution is -2.47. The standard InChI is InChI=1S/C44H49ClN8O5S2/c45-34-12-10-32(11-13-34)39-9-5-4-6-33(39)28-50-18-20-52(21-19-50)36-14-16-40-42(26-36)46-31-47-44(40)49-60(56,57)38-15-17-41(43(27-38)53(54)55)48-35(29-51-22-24-58-25-23-51)30-59-37-7-2-1-3-8-37/h1-3,7-8,10-17,26-27,31,35,48H,4-6,9,18-25,28-30H2,(H,46,47,49)/t35-/m1/s1. The van der Waals surface area contributed by atoms with Crippen molar-refractivity contribution in [3.05, 3.63) is 124 Å². The van der Waals surface area contributed by atoms with Gasteiger partial charge in [0.05, 0.1) is 28.5 Å². The number of allylic oxidation sites excluding steroid dienone is 1. The summed E-state index contributed by atoms with van der Waals surface area (Å²) in [5.74, 6) is 0.742. The highest BCUT2D eigenvalue weighted by atomic mass is 35.5. The van der Waals surface area contributed by atoms with Gasteiger partial charge in [-0.05, 0) is 91.4 Å². The van der Waals surface area contributed by atoms with Crippen LogP contribution in [0.4, 0.5) is 22.9 Å². The summed E-state index contributed by atoms with van der Waals surface area (Å²) in [4.78, 5) is 28.6. The van der Waals surface area contributed by atoms with E-state index in [1.807, 2.05) is 60.7 Å². The average molecular weight is 870 g/mol. The SMILES string of the molecule is O=[N+]([O-])c1cc(S(=O)(=O)Nc2ncnc3cc(N4CCN(CC5=C(c6ccc(Cl)cc6)CCCC5)CC4)ccc23)ccc1N[C@@H](CSc1ccccc1)CN1CCOCC1. The zero-order valence-corrected chi connectivity index (χ0v) is 35.7. The van der Waals surface area contributed by atoms with Crippen LogP contribution in [0.5, 0.6) is 0 Å². The maximum atomic E-state index is 13.8. The largest absolute Gasteiger partial charge is 0.379 e. The molecule has 16 heteroatoms. The van der Waals surface area contributed by atoms with Crippen LogP contribution < -0.4 is 14.9 Å². The predicted octanol–water partition coefficient (Wildman–Crippen LogP) is 8.05. The number of nitro benzene ring substituents is 1. The number of aromatic nitrogens is 2. The van der Waals surface area contributed by atoms with Gasteiger partial charge in [-0.3, -0.25) is 24.6 Å². The molecule has 8 rings (SSSR count). The van der Waals surface area contributed by atoms with E-state index in [2.05, 4.69) is 46.8 Å². The third kappa shape index (κ3) is 10.4. The highest BCUT2D eigenvalue weighted by Crippen LogP contribution is 2.35. The molecule has 5 aromatic rings. The number of morpholine rings is 1. The smallest absolute Gasteiger partial charge is 0.293 e. The Labute approximate surface area is 360 Å². The fourth-order valence-electron chi connectivity index (χ4n) is 8.21. The van der Waals surface area contributed by atoms with E-state index < -0.39 is 14.9 Å². The Balaban J connectivity index is 0.939. The zero-order chi connectivity index (χ0) is 41.5. The number of sulfonamides is 1. The minimum Gasteiger partial charge on any atom is -0.379 e. The Hall–Kier alpha value is -4.77. The minimum atomic E-state index is -4.27. The number of thioether (sulfide) groups is 1. The van der Waals surface area contributed by atoms with Crippen molar-refractivity contribution < 1.29 is 18.1 Å². The van der Waals surface area contributed by atoms with Gasteiger partial charge in [-0.25, -0.2) is 18.4 Å². The lowest BCUT2D eigenvalue weighted by molar-refractivity contribution is -0.384. The van der Waals surface area contributed by atoms with Gasteiger partial charge in [-0.1, -0.05) is 47.5 Å². The van der Waals surface area contributed by atoms with Gasteiger partial charge in [0, 0.05) is 91.2 Å². The summed E-state index contributed by atoms with van der Waals surface area (Å²) in [6.07, 6.45) is 5.99. The molecule has 0 spiro atoms. The molecule has 0 unspecified atom stereocenters. The topological polar surface area (TPSA) is 146 Å². The molecule has 60 heavy (non-hydrogen) atoms. The summed E-state index contributed by atoms with van der Waals surface area (Å²) in [5.41, 5.74) is 5.78. The van der Waals surface area contributed by atoms with Gasteiger partial charge in [-0.2, -0.15) is 0 Å². The number of nitrogens with zero attached hydrogens (tertiary/aromatic N) is 6. The average Bonchev–Trinajstić information content (AvgIpc) is 3.27. The first kappa shape index (κ1) is 41.9. The quantitative estimate of drug-likeness (QED) is 0.0597. The molecule has 13 nitrogen and oxygen atoms in total. The molecule has 1 aromatic heterocycles. The molecule has 1 atom stereocenters. The fraction of sp³-hybridized carbons (Fsp3) is 0.364. The molecule has 2 saturated heterocycles. The Morgan fingerprint density at radius 3 is 2.40 bits per heavy atom. The van der Waals surface area contributed by atoms with E-state index in [-0.39, 0.29) is 28.1 Å². The Morgan fingerprint density at radius 1 is 0.867 bits per heavy atom. The number of halogens is 1. The molecule has 2 N–H and O–H groups in total. The number of rotatable bonds is 15. The first-order chi connectivity index (χ1) is 29.2. The van der Waals surface area contributed by atoms with Crippen LogP contribution in [-0.2, 0) is 14.8 Å². The molecule has 4 aromatic carbocycles. The van der Waals surface area contributed by atoms with Crippen LogP contribution in [0.2, 0.25) is 5.02 Å². The summed E-state index contributed by atoms with van der Waals surface area (Å²) in [7, 11) is -4.27. The van der Waals surface area contributed by atoms with E-state index >= 15 is 0 Å². The number of anilines is 3. The monoisotopic (exact) mass is 868 g/mol. The van der Waals surface area contributed by atoms with Gasteiger partial charge in [0.1, 0.15) is 12.0 Å². The number of nitrogens with one attached hydrogen (secondary N) is 2. The number of benzene rings is 4. The zero-order valence-electron chi connectivity index (χ0n) is 33.3. The van der Waals surface area contributed by atoms with Crippen LogP contribution in [0, 0.1) is 10.1 Å². The molecule has 2 aliphatic heterocycles. The van der Waals surface area contributed by atoms with Crippen molar-refractivity contribution in [3.63, 3.8) is 0 Å². The molecule has 314 valence electrons. The number of hydrogen-bond acceptors (Lipinski definition) is 12. The van der Waals surface area contributed by atoms with Crippen LogP contribution in [0.1, 0.15) is 31.2 Å². The van der Waals surface area contributed by atoms with Crippen molar-refractivity contribution in [1.82, 2.24) is 19.8 Å². The van der Waals surface area contributed by atoms with Crippen molar-refractivity contribution in [2.24, 2.45) is 0 Å². The molecule has 0 bridgehead atoms. The lowest BCUT2D eigenvalue weighted by Gasteiger charge is -2.37. The Morgan fingerprint density at radius 2 is 1.63 bits per heavy atom. The molecule has 0 saturated carbocycles. The van der Waals surface area contributed by atoms with Crippen molar-refractivity contribution in [3.8, 4) is 0 Å². The Bertz CT molecular complexity index is 2430. The third-order valence-corrected chi connectivity index (χ3v) is 14.2. The van der Waals surface area contributed by atoms with E-state index in [9.17, 15) is 18.5 Å². The van der Waals surface area contributed by atoms with Crippen molar-refractivity contribution in [2.45, 2.75) is 41.5 Å². The van der Waals surface area contributed by atoms with Gasteiger partial charge in [0.2, 0.25) is 0 Å². The number of hydrogen-bond donors (Lipinski definition) is 2. The van der Waals surface area contributed by atoms with Crippen LogP contribution in [0.15, 0.2) is 113 Å². The second-order valence-electron chi connectivity index (χ2n) is 15.4.